The van der Waals surface area contributed by atoms with Crippen molar-refractivity contribution in [1.29, 1.82) is 0 Å². The van der Waals surface area contributed by atoms with Crippen LogP contribution >= 0.6 is 0 Å². The van der Waals surface area contributed by atoms with E-state index in [-0.39, 0.29) is 11.7 Å². The molecule has 2 unspecified atom stereocenters. The number of rotatable bonds is 4. The van der Waals surface area contributed by atoms with Crippen LogP contribution in [-0.4, -0.2) is 0 Å². The maximum Gasteiger partial charge on any atom is 0.123 e. The molecule has 110 valence electrons. The van der Waals surface area contributed by atoms with Crippen LogP contribution in [0.15, 0.2) is 54.6 Å². The molecule has 0 aliphatic heterocycles. The standard InChI is InChI=1S/C21H19F/c1-4-6-16-21(5-2,19-12-14-20(22)15-13-19)17(3)18-10-8-7-9-11-18/h2,7-15,17H,16H2,1,3H3. The molecular formula is C21H19F. The molecule has 0 N–H and O–H groups in total. The second kappa shape index (κ2) is 6.97. The molecule has 0 saturated carbocycles. The summed E-state index contributed by atoms with van der Waals surface area (Å²) in [4.78, 5) is 0. The Bertz CT molecular complexity index is 710. The minimum Gasteiger partial charge on any atom is -0.207 e. The molecule has 0 aliphatic carbocycles. The van der Waals surface area contributed by atoms with E-state index in [9.17, 15) is 4.39 Å². The molecule has 22 heavy (non-hydrogen) atoms. The van der Waals surface area contributed by atoms with Gasteiger partial charge in [-0.05, 0) is 30.2 Å². The lowest BCUT2D eigenvalue weighted by molar-refractivity contribution is 0.476. The van der Waals surface area contributed by atoms with Gasteiger partial charge in [0.2, 0.25) is 0 Å². The normalized spacial score (nSPS) is 14.1. The van der Waals surface area contributed by atoms with Crippen LogP contribution in [0.4, 0.5) is 4.39 Å². The van der Waals surface area contributed by atoms with Crippen molar-refractivity contribution in [3.05, 3.63) is 71.5 Å². The molecule has 0 radical (unpaired) electrons. The zero-order valence-corrected chi connectivity index (χ0v) is 12.9. The Morgan fingerprint density at radius 2 is 1.73 bits per heavy atom. The van der Waals surface area contributed by atoms with Crippen molar-refractivity contribution in [1.82, 2.24) is 0 Å². The molecule has 0 spiro atoms. The maximum absolute atomic E-state index is 13.3. The van der Waals surface area contributed by atoms with Crippen LogP contribution in [-0.2, 0) is 5.41 Å². The van der Waals surface area contributed by atoms with Crippen molar-refractivity contribution in [2.75, 3.05) is 0 Å². The fourth-order valence-electron chi connectivity index (χ4n) is 2.77. The summed E-state index contributed by atoms with van der Waals surface area (Å²) in [6.07, 6.45) is 6.49. The van der Waals surface area contributed by atoms with E-state index in [1.165, 1.54) is 12.1 Å². The lowest BCUT2D eigenvalue weighted by Gasteiger charge is -2.34. The van der Waals surface area contributed by atoms with Crippen LogP contribution in [0.5, 0.6) is 0 Å². The van der Waals surface area contributed by atoms with Crippen molar-refractivity contribution in [2.45, 2.75) is 31.6 Å². The molecule has 0 nitrogen and oxygen atoms in total. The highest BCUT2D eigenvalue weighted by Gasteiger charge is 2.36. The van der Waals surface area contributed by atoms with Gasteiger partial charge in [0.15, 0.2) is 0 Å². The Morgan fingerprint density at radius 3 is 2.27 bits per heavy atom. The lowest BCUT2D eigenvalue weighted by Crippen LogP contribution is -2.30. The lowest BCUT2D eigenvalue weighted by atomic mass is 9.67. The predicted molar refractivity (Wildman–Crippen MR) is 89.8 cm³/mol. The largest absolute Gasteiger partial charge is 0.207 e. The van der Waals surface area contributed by atoms with Crippen molar-refractivity contribution < 1.29 is 4.39 Å². The minimum absolute atomic E-state index is 0.0741. The van der Waals surface area contributed by atoms with Gasteiger partial charge in [0, 0.05) is 12.3 Å². The summed E-state index contributed by atoms with van der Waals surface area (Å²) in [6.45, 7) is 3.91. The third-order valence-corrected chi connectivity index (χ3v) is 4.20. The van der Waals surface area contributed by atoms with Gasteiger partial charge in [0.05, 0.1) is 5.41 Å². The van der Waals surface area contributed by atoms with Gasteiger partial charge in [-0.2, -0.15) is 0 Å². The Kier molecular flexibility index (Phi) is 5.03. The van der Waals surface area contributed by atoms with Crippen molar-refractivity contribution in [2.24, 2.45) is 0 Å². The average Bonchev–Trinajstić information content (AvgIpc) is 2.57. The Labute approximate surface area is 132 Å². The second-order valence-electron chi connectivity index (χ2n) is 5.36. The van der Waals surface area contributed by atoms with Gasteiger partial charge >= 0.3 is 0 Å². The molecule has 0 aromatic heterocycles. The van der Waals surface area contributed by atoms with E-state index in [0.29, 0.717) is 6.42 Å². The molecule has 0 heterocycles. The summed E-state index contributed by atoms with van der Waals surface area (Å²) in [5.41, 5.74) is 1.51. The fourth-order valence-corrected chi connectivity index (χ4v) is 2.77. The molecule has 2 aromatic rings. The first kappa shape index (κ1) is 15.9. The van der Waals surface area contributed by atoms with Crippen molar-refractivity contribution >= 4 is 0 Å². The zero-order chi connectivity index (χ0) is 16.0. The average molecular weight is 290 g/mol. The molecule has 1 heteroatoms. The van der Waals surface area contributed by atoms with Crippen LogP contribution in [0, 0.1) is 30.0 Å². The first-order valence-electron chi connectivity index (χ1n) is 7.32. The fraction of sp³-hybridized carbons (Fsp3) is 0.238. The Hall–Kier alpha value is -2.51. The number of terminal acetylenes is 1. The van der Waals surface area contributed by atoms with Gasteiger partial charge in [-0.3, -0.25) is 0 Å². The van der Waals surface area contributed by atoms with E-state index in [1.54, 1.807) is 19.1 Å². The Morgan fingerprint density at radius 1 is 1.09 bits per heavy atom. The van der Waals surface area contributed by atoms with E-state index in [1.807, 2.05) is 18.2 Å². The number of hydrogen-bond donors (Lipinski definition) is 0. The van der Waals surface area contributed by atoms with Crippen LogP contribution < -0.4 is 0 Å². The smallest absolute Gasteiger partial charge is 0.123 e. The highest BCUT2D eigenvalue weighted by molar-refractivity contribution is 5.42. The van der Waals surface area contributed by atoms with E-state index < -0.39 is 5.41 Å². The first-order chi connectivity index (χ1) is 10.6. The van der Waals surface area contributed by atoms with Crippen LogP contribution in [0.1, 0.15) is 37.3 Å². The van der Waals surface area contributed by atoms with E-state index in [2.05, 4.69) is 36.8 Å². The first-order valence-corrected chi connectivity index (χ1v) is 7.32. The van der Waals surface area contributed by atoms with Crippen LogP contribution in [0.25, 0.3) is 0 Å². The summed E-state index contributed by atoms with van der Waals surface area (Å²) in [5, 5.41) is 0. The summed E-state index contributed by atoms with van der Waals surface area (Å²) >= 11 is 0. The van der Waals surface area contributed by atoms with Gasteiger partial charge in [-0.25, -0.2) is 4.39 Å². The highest BCUT2D eigenvalue weighted by atomic mass is 19.1. The number of halogens is 1. The number of benzene rings is 2. The van der Waals surface area contributed by atoms with Crippen LogP contribution in [0.2, 0.25) is 0 Å². The summed E-state index contributed by atoms with van der Waals surface area (Å²) in [6, 6.07) is 16.6. The zero-order valence-electron chi connectivity index (χ0n) is 12.9. The third-order valence-electron chi connectivity index (χ3n) is 4.20. The quantitative estimate of drug-likeness (QED) is 0.702. The molecule has 2 atom stereocenters. The SMILES string of the molecule is C#CC(CC#CC)(c1ccc(F)cc1)C(C)c1ccccc1. The van der Waals surface area contributed by atoms with Gasteiger partial charge in [-0.15, -0.1) is 18.3 Å². The molecule has 0 fully saturated rings. The monoisotopic (exact) mass is 290 g/mol. The van der Waals surface area contributed by atoms with Gasteiger partial charge in [0.25, 0.3) is 0 Å². The maximum atomic E-state index is 13.3. The van der Waals surface area contributed by atoms with E-state index >= 15 is 0 Å². The third kappa shape index (κ3) is 3.05. The topological polar surface area (TPSA) is 0 Å². The Balaban J connectivity index is 2.56. The molecule has 0 amide bonds. The van der Waals surface area contributed by atoms with Crippen molar-refractivity contribution in [3.8, 4) is 24.2 Å². The molecule has 0 bridgehead atoms. The van der Waals surface area contributed by atoms with Crippen molar-refractivity contribution in [3.63, 3.8) is 0 Å². The molecule has 2 rings (SSSR count). The van der Waals surface area contributed by atoms with E-state index in [4.69, 9.17) is 6.42 Å². The predicted octanol–water partition coefficient (Wildman–Crippen LogP) is 4.91. The minimum atomic E-state index is -0.571. The van der Waals surface area contributed by atoms with Gasteiger partial charge in [-0.1, -0.05) is 55.3 Å². The molecule has 0 saturated heterocycles. The van der Waals surface area contributed by atoms with Crippen LogP contribution in [0.3, 0.4) is 0 Å². The molecule has 2 aromatic carbocycles. The summed E-state index contributed by atoms with van der Waals surface area (Å²) < 4.78 is 13.3. The summed E-state index contributed by atoms with van der Waals surface area (Å²) in [5.74, 6) is 8.82. The number of hydrogen-bond acceptors (Lipinski definition) is 0. The molecule has 0 aliphatic rings. The van der Waals surface area contributed by atoms with Gasteiger partial charge < -0.3 is 0 Å². The highest BCUT2D eigenvalue weighted by Crippen LogP contribution is 2.41. The second-order valence-corrected chi connectivity index (χ2v) is 5.36. The molecular weight excluding hydrogens is 271 g/mol. The van der Waals surface area contributed by atoms with Gasteiger partial charge in [0.1, 0.15) is 5.82 Å². The van der Waals surface area contributed by atoms with E-state index in [0.717, 1.165) is 11.1 Å². The summed E-state index contributed by atoms with van der Waals surface area (Å²) in [7, 11) is 0.